The molecule has 20 heavy (non-hydrogen) atoms. The van der Waals surface area contributed by atoms with E-state index in [0.29, 0.717) is 11.4 Å². The zero-order chi connectivity index (χ0) is 14.5. The molecule has 0 bridgehead atoms. The molecule has 2 aromatic carbocycles. The SMILES string of the molecule is C[C@@H](NC(=O)c1cccc(CCl)c1)c1ccccc1Br. The van der Waals surface area contributed by atoms with E-state index >= 15 is 0 Å². The molecule has 0 saturated carbocycles. The lowest BCUT2D eigenvalue weighted by atomic mass is 10.1. The molecular weight excluding hydrogens is 338 g/mol. The van der Waals surface area contributed by atoms with Crippen molar-refractivity contribution in [2.75, 3.05) is 0 Å². The first-order valence-corrected chi connectivity index (χ1v) is 7.64. The molecule has 2 aromatic rings. The van der Waals surface area contributed by atoms with Crippen molar-refractivity contribution >= 4 is 33.4 Å². The summed E-state index contributed by atoms with van der Waals surface area (Å²) < 4.78 is 0.988. The van der Waals surface area contributed by atoms with E-state index in [0.717, 1.165) is 15.6 Å². The van der Waals surface area contributed by atoms with Crippen LogP contribution >= 0.6 is 27.5 Å². The minimum Gasteiger partial charge on any atom is -0.345 e. The molecule has 0 radical (unpaired) electrons. The molecule has 104 valence electrons. The Balaban J connectivity index is 2.13. The van der Waals surface area contributed by atoms with Crippen LogP contribution in [0, 0.1) is 0 Å². The van der Waals surface area contributed by atoms with Crippen LogP contribution in [0.3, 0.4) is 0 Å². The maximum atomic E-state index is 12.2. The van der Waals surface area contributed by atoms with Gasteiger partial charge in [0.25, 0.3) is 5.91 Å². The number of hydrogen-bond donors (Lipinski definition) is 1. The molecule has 4 heteroatoms. The molecule has 0 fully saturated rings. The molecule has 0 unspecified atom stereocenters. The average Bonchev–Trinajstić information content (AvgIpc) is 2.47. The van der Waals surface area contributed by atoms with Crippen LogP contribution in [0.1, 0.15) is 34.5 Å². The maximum absolute atomic E-state index is 12.2. The molecule has 0 aliphatic heterocycles. The van der Waals surface area contributed by atoms with Gasteiger partial charge in [0, 0.05) is 15.9 Å². The van der Waals surface area contributed by atoms with Crippen LogP contribution in [0.5, 0.6) is 0 Å². The van der Waals surface area contributed by atoms with E-state index in [-0.39, 0.29) is 11.9 Å². The van der Waals surface area contributed by atoms with Crippen LogP contribution in [-0.4, -0.2) is 5.91 Å². The number of carbonyl (C=O) groups is 1. The lowest BCUT2D eigenvalue weighted by molar-refractivity contribution is 0.0939. The number of halogens is 2. The summed E-state index contributed by atoms with van der Waals surface area (Å²) in [6.07, 6.45) is 0. The van der Waals surface area contributed by atoms with E-state index in [9.17, 15) is 4.79 Å². The van der Waals surface area contributed by atoms with Crippen molar-refractivity contribution in [1.82, 2.24) is 5.32 Å². The third-order valence-corrected chi connectivity index (χ3v) is 4.09. The zero-order valence-corrected chi connectivity index (χ0v) is 13.4. The highest BCUT2D eigenvalue weighted by Gasteiger charge is 2.13. The number of alkyl halides is 1. The highest BCUT2D eigenvalue weighted by atomic mass is 79.9. The van der Waals surface area contributed by atoms with Crippen molar-refractivity contribution in [1.29, 1.82) is 0 Å². The fraction of sp³-hybridized carbons (Fsp3) is 0.188. The fourth-order valence-electron chi connectivity index (χ4n) is 1.98. The van der Waals surface area contributed by atoms with Crippen molar-refractivity contribution in [3.05, 3.63) is 69.7 Å². The molecule has 1 N–H and O–H groups in total. The normalized spacial score (nSPS) is 11.9. The molecule has 2 nitrogen and oxygen atoms in total. The van der Waals surface area contributed by atoms with Crippen LogP contribution in [0.15, 0.2) is 53.0 Å². The third-order valence-electron chi connectivity index (χ3n) is 3.06. The van der Waals surface area contributed by atoms with Gasteiger partial charge < -0.3 is 5.32 Å². The maximum Gasteiger partial charge on any atom is 0.251 e. The van der Waals surface area contributed by atoms with Gasteiger partial charge in [0.05, 0.1) is 6.04 Å². The van der Waals surface area contributed by atoms with Crippen molar-refractivity contribution in [3.8, 4) is 0 Å². The third kappa shape index (κ3) is 3.62. The summed E-state index contributed by atoms with van der Waals surface area (Å²) in [5.74, 6) is 0.307. The van der Waals surface area contributed by atoms with Crippen LogP contribution < -0.4 is 5.32 Å². The summed E-state index contributed by atoms with van der Waals surface area (Å²) in [6.45, 7) is 1.96. The summed E-state index contributed by atoms with van der Waals surface area (Å²) in [5.41, 5.74) is 2.62. The Kier molecular flexibility index (Phi) is 5.21. The Hall–Kier alpha value is -1.32. The molecule has 2 rings (SSSR count). The van der Waals surface area contributed by atoms with Crippen LogP contribution in [0.25, 0.3) is 0 Å². The summed E-state index contributed by atoms with van der Waals surface area (Å²) in [4.78, 5) is 12.2. The van der Waals surface area contributed by atoms with Gasteiger partial charge >= 0.3 is 0 Å². The second-order valence-electron chi connectivity index (χ2n) is 4.55. The first-order valence-electron chi connectivity index (χ1n) is 6.32. The quantitative estimate of drug-likeness (QED) is 0.795. The second kappa shape index (κ2) is 6.91. The highest BCUT2D eigenvalue weighted by molar-refractivity contribution is 9.10. The van der Waals surface area contributed by atoms with Crippen LogP contribution in [0.4, 0.5) is 0 Å². The van der Waals surface area contributed by atoms with E-state index in [1.54, 1.807) is 6.07 Å². The standard InChI is InChI=1S/C16H15BrClNO/c1-11(14-7-2-3-8-15(14)17)19-16(20)13-6-4-5-12(9-13)10-18/h2-9,11H,10H2,1H3,(H,19,20)/t11-/m1/s1. The van der Waals surface area contributed by atoms with E-state index in [1.165, 1.54) is 0 Å². The van der Waals surface area contributed by atoms with Gasteiger partial charge in [0.15, 0.2) is 0 Å². The minimum absolute atomic E-state index is 0.0715. The van der Waals surface area contributed by atoms with E-state index in [2.05, 4.69) is 21.2 Å². The Bertz CT molecular complexity index is 615. The van der Waals surface area contributed by atoms with Gasteiger partial charge in [-0.15, -0.1) is 11.6 Å². The lowest BCUT2D eigenvalue weighted by Gasteiger charge is -2.16. The van der Waals surface area contributed by atoms with Gasteiger partial charge in [0.2, 0.25) is 0 Å². The average molecular weight is 353 g/mol. The van der Waals surface area contributed by atoms with Crippen molar-refractivity contribution in [2.24, 2.45) is 0 Å². The zero-order valence-electron chi connectivity index (χ0n) is 11.1. The first-order chi connectivity index (χ1) is 9.61. The first kappa shape index (κ1) is 15.1. The van der Waals surface area contributed by atoms with E-state index in [1.807, 2.05) is 49.4 Å². The van der Waals surface area contributed by atoms with Crippen molar-refractivity contribution in [2.45, 2.75) is 18.8 Å². The molecule has 0 aromatic heterocycles. The van der Waals surface area contributed by atoms with Gasteiger partial charge in [-0.25, -0.2) is 0 Å². The molecule has 0 spiro atoms. The number of nitrogens with one attached hydrogen (secondary N) is 1. The molecule has 1 amide bonds. The molecule has 0 heterocycles. The predicted molar refractivity (Wildman–Crippen MR) is 86.0 cm³/mol. The van der Waals surface area contributed by atoms with Gasteiger partial charge in [-0.05, 0) is 36.2 Å². The second-order valence-corrected chi connectivity index (χ2v) is 5.67. The number of carbonyl (C=O) groups excluding carboxylic acids is 1. The van der Waals surface area contributed by atoms with Gasteiger partial charge in [-0.1, -0.05) is 46.3 Å². The number of benzene rings is 2. The Morgan fingerprint density at radius 3 is 2.70 bits per heavy atom. The molecular formula is C16H15BrClNO. The van der Waals surface area contributed by atoms with Crippen LogP contribution in [-0.2, 0) is 5.88 Å². The molecule has 1 atom stereocenters. The van der Waals surface area contributed by atoms with Gasteiger partial charge in [0.1, 0.15) is 0 Å². The topological polar surface area (TPSA) is 29.1 Å². The summed E-state index contributed by atoms with van der Waals surface area (Å²) in [5, 5.41) is 2.99. The molecule has 0 aliphatic carbocycles. The summed E-state index contributed by atoms with van der Waals surface area (Å²) in [6, 6.07) is 15.1. The van der Waals surface area contributed by atoms with Crippen molar-refractivity contribution in [3.63, 3.8) is 0 Å². The molecule has 0 aliphatic rings. The smallest absolute Gasteiger partial charge is 0.251 e. The minimum atomic E-state index is -0.0970. The Morgan fingerprint density at radius 1 is 1.25 bits per heavy atom. The molecule has 0 saturated heterocycles. The highest BCUT2D eigenvalue weighted by Crippen LogP contribution is 2.23. The summed E-state index contributed by atoms with van der Waals surface area (Å²) in [7, 11) is 0. The Morgan fingerprint density at radius 2 is 2.00 bits per heavy atom. The predicted octanol–water partition coefficient (Wildman–Crippen LogP) is 4.68. The van der Waals surface area contributed by atoms with E-state index < -0.39 is 0 Å². The van der Waals surface area contributed by atoms with Crippen LogP contribution in [0.2, 0.25) is 0 Å². The Labute approximate surface area is 132 Å². The number of amides is 1. The van der Waals surface area contributed by atoms with Gasteiger partial charge in [-0.3, -0.25) is 4.79 Å². The lowest BCUT2D eigenvalue weighted by Crippen LogP contribution is -2.26. The number of rotatable bonds is 4. The van der Waals surface area contributed by atoms with Crippen molar-refractivity contribution < 1.29 is 4.79 Å². The summed E-state index contributed by atoms with van der Waals surface area (Å²) >= 11 is 9.29. The van der Waals surface area contributed by atoms with E-state index in [4.69, 9.17) is 11.6 Å². The monoisotopic (exact) mass is 351 g/mol. The fourth-order valence-corrected chi connectivity index (χ4v) is 2.77. The number of hydrogen-bond acceptors (Lipinski definition) is 1. The van der Waals surface area contributed by atoms with Gasteiger partial charge in [-0.2, -0.15) is 0 Å². The largest absolute Gasteiger partial charge is 0.345 e.